The second-order valence-electron chi connectivity index (χ2n) is 25.8. The van der Waals surface area contributed by atoms with Crippen LogP contribution >= 0.6 is 0 Å². The molecular weight excluding hydrogens is 1180 g/mol. The van der Waals surface area contributed by atoms with E-state index in [4.69, 9.17) is 33.2 Å². The highest BCUT2D eigenvalue weighted by Gasteiger charge is 2.41. The molecule has 0 spiro atoms. The molecule has 0 bridgehead atoms. The van der Waals surface area contributed by atoms with E-state index in [-0.39, 0.29) is 64.7 Å². The maximum atomic E-state index is 11.9. The van der Waals surface area contributed by atoms with Crippen molar-refractivity contribution in [3.63, 3.8) is 0 Å². The first-order valence-electron chi connectivity index (χ1n) is 33.2. The van der Waals surface area contributed by atoms with Gasteiger partial charge in [-0.25, -0.2) is 24.0 Å². The predicted octanol–water partition coefficient (Wildman–Crippen LogP) is 19.4. The molecule has 14 heteroatoms. The Hall–Kier alpha value is -8.13. The summed E-state index contributed by atoms with van der Waals surface area (Å²) >= 11 is 0. The van der Waals surface area contributed by atoms with E-state index in [1.54, 1.807) is 71.0 Å². The summed E-state index contributed by atoms with van der Waals surface area (Å²) in [7, 11) is 0. The zero-order chi connectivity index (χ0) is 70.7. The largest absolute Gasteiger partial charge is 0.456 e. The molecular formula is C80H110O14. The Morgan fingerprint density at radius 3 is 1.43 bits per heavy atom. The van der Waals surface area contributed by atoms with E-state index < -0.39 is 5.60 Å². The third-order valence-electron chi connectivity index (χ3n) is 16.8. The highest BCUT2D eigenvalue weighted by atomic mass is 16.6. The van der Waals surface area contributed by atoms with Gasteiger partial charge in [-0.3, -0.25) is 9.59 Å². The van der Waals surface area contributed by atoms with Crippen LogP contribution in [0.1, 0.15) is 235 Å². The van der Waals surface area contributed by atoms with Crippen LogP contribution in [0.5, 0.6) is 11.5 Å². The number of esters is 7. The Kier molecular flexibility index (Phi) is 36.2. The quantitative estimate of drug-likeness (QED) is 0.0409. The highest BCUT2D eigenvalue weighted by Crippen LogP contribution is 2.42. The van der Waals surface area contributed by atoms with Gasteiger partial charge in [0.2, 0.25) is 0 Å². The second-order valence-corrected chi connectivity index (χ2v) is 25.8. The van der Waals surface area contributed by atoms with Gasteiger partial charge in [0.25, 0.3) is 0 Å². The van der Waals surface area contributed by atoms with Gasteiger partial charge in [0.05, 0.1) is 0 Å². The van der Waals surface area contributed by atoms with E-state index in [1.165, 1.54) is 64.4 Å². The Balaban J connectivity index is 0.000000375. The van der Waals surface area contributed by atoms with Gasteiger partial charge in [-0.05, 0) is 230 Å². The minimum Gasteiger partial charge on any atom is -0.456 e. The van der Waals surface area contributed by atoms with Crippen molar-refractivity contribution in [3.8, 4) is 11.5 Å². The van der Waals surface area contributed by atoms with E-state index in [9.17, 15) is 33.6 Å². The third-order valence-corrected chi connectivity index (χ3v) is 16.8. The molecule has 4 fully saturated rings. The fraction of sp³-hybridized carbons (Fsp3) is 0.487. The summed E-state index contributed by atoms with van der Waals surface area (Å²) in [5.41, 5.74) is 5.76. The average Bonchev–Trinajstić information content (AvgIpc) is 1.05. The lowest BCUT2D eigenvalue weighted by atomic mass is 9.79. The van der Waals surface area contributed by atoms with Crippen LogP contribution in [0.15, 0.2) is 164 Å². The number of rotatable bonds is 17. The maximum absolute atomic E-state index is 11.9. The van der Waals surface area contributed by atoms with Crippen LogP contribution in [-0.4, -0.2) is 64.7 Å². The van der Waals surface area contributed by atoms with Gasteiger partial charge < -0.3 is 33.2 Å². The first kappa shape index (κ1) is 82.0. The molecule has 8 rings (SSSR count). The summed E-state index contributed by atoms with van der Waals surface area (Å²) in [6.07, 6.45) is 27.9. The molecule has 0 saturated heterocycles. The Bertz CT molecular complexity index is 3060. The molecule has 3 aromatic carbocycles. The SMILES string of the molecule is C=C(C)C(=O)OC1(C(C)C)CCCC1.C=C(C)C(=O)OC1(C)CCCC1.C=C(C)C(=O)OC1(CC)CCCC1.C=C(C)C(=O)OC1(c2ccccc2)CCCCC1.C=C(C)C(=O)OC1C=C(C)CCC1.C=Cc1ccc(OC(C)=O)cc1.C=Cc1cccc(OC(C)=O)c1. The number of hydrogen-bond donors (Lipinski definition) is 0. The van der Waals surface area contributed by atoms with Crippen LogP contribution < -0.4 is 9.47 Å². The minimum atomic E-state index is -0.435. The van der Waals surface area contributed by atoms with Crippen molar-refractivity contribution in [2.24, 2.45) is 5.92 Å². The Morgan fingerprint density at radius 1 is 0.500 bits per heavy atom. The van der Waals surface area contributed by atoms with Crippen molar-refractivity contribution in [1.29, 1.82) is 0 Å². The number of hydrogen-bond acceptors (Lipinski definition) is 14. The molecule has 0 radical (unpaired) electrons. The average molecular weight is 1300 g/mol. The fourth-order valence-corrected chi connectivity index (χ4v) is 11.1. The highest BCUT2D eigenvalue weighted by molar-refractivity contribution is 5.89. The lowest BCUT2D eigenvalue weighted by Gasteiger charge is -2.37. The second kappa shape index (κ2) is 41.5. The molecule has 5 aliphatic carbocycles. The van der Waals surface area contributed by atoms with Gasteiger partial charge >= 0.3 is 41.8 Å². The van der Waals surface area contributed by atoms with Crippen LogP contribution in [-0.2, 0) is 62.8 Å². The third kappa shape index (κ3) is 30.3. The number of carbonyl (C=O) groups is 7. The molecule has 3 aromatic rings. The van der Waals surface area contributed by atoms with Gasteiger partial charge in [0.15, 0.2) is 0 Å². The molecule has 94 heavy (non-hydrogen) atoms. The molecule has 0 aromatic heterocycles. The van der Waals surface area contributed by atoms with Crippen molar-refractivity contribution in [3.05, 3.63) is 181 Å². The van der Waals surface area contributed by atoms with Gasteiger partial charge in [-0.2, -0.15) is 0 Å². The lowest BCUT2D eigenvalue weighted by molar-refractivity contribution is -0.160. The molecule has 1 unspecified atom stereocenters. The molecule has 1 atom stereocenters. The van der Waals surface area contributed by atoms with Crippen molar-refractivity contribution in [2.45, 2.75) is 246 Å². The molecule has 4 saturated carbocycles. The molecule has 0 aliphatic heterocycles. The first-order chi connectivity index (χ1) is 44.3. The van der Waals surface area contributed by atoms with Gasteiger partial charge in [-0.1, -0.05) is 146 Å². The zero-order valence-corrected chi connectivity index (χ0v) is 58.9. The molecule has 14 nitrogen and oxygen atoms in total. The van der Waals surface area contributed by atoms with Crippen molar-refractivity contribution >= 4 is 53.9 Å². The van der Waals surface area contributed by atoms with Crippen molar-refractivity contribution in [1.82, 2.24) is 0 Å². The molecule has 514 valence electrons. The fourth-order valence-electron chi connectivity index (χ4n) is 11.1. The minimum absolute atomic E-state index is 0.0297. The summed E-state index contributed by atoms with van der Waals surface area (Å²) in [5, 5.41) is 0. The summed E-state index contributed by atoms with van der Waals surface area (Å²) in [6, 6.07) is 24.4. The normalized spacial score (nSPS) is 17.1. The number of carbonyl (C=O) groups excluding carboxylic acids is 7. The van der Waals surface area contributed by atoms with Crippen LogP contribution in [0.4, 0.5) is 0 Å². The van der Waals surface area contributed by atoms with Crippen LogP contribution in [0.3, 0.4) is 0 Å². The smallest absolute Gasteiger partial charge is 0.333 e. The lowest BCUT2D eigenvalue weighted by Crippen LogP contribution is -2.37. The maximum Gasteiger partial charge on any atom is 0.333 e. The van der Waals surface area contributed by atoms with Gasteiger partial charge in [0, 0.05) is 41.7 Å². The first-order valence-corrected chi connectivity index (χ1v) is 33.2. The predicted molar refractivity (Wildman–Crippen MR) is 377 cm³/mol. The monoisotopic (exact) mass is 1290 g/mol. The van der Waals surface area contributed by atoms with E-state index in [0.717, 1.165) is 107 Å². The Morgan fingerprint density at radius 2 is 0.957 bits per heavy atom. The number of ether oxygens (including phenoxy) is 7. The van der Waals surface area contributed by atoms with Gasteiger partial charge in [0.1, 0.15) is 40.0 Å². The standard InChI is InChI=1S/C16H20O2.C12H20O2.C11H16O2.C11H18O2.C10H16O2.2C10H10O2/c1-13(2)15(17)18-16(11-7-4-8-12-16)14-9-5-3-6-10-14;1-9(2)11(13)14-12(10(3)4)7-5-6-8-12;1-8(2)11(12)13-10-6-4-5-9(3)7-10;1-4-11(7-5-6-8-11)13-10(12)9(2)3;1-8(2)9(11)12-10(3)6-4-5-7-10;1-3-9-4-6-10(7-5-9)12-8(2)11;1-3-9-5-4-6-10(7-9)12-8(2)11/h3,5-6,9-10H,1,4,7-8,11-12H2,2H3;10H,1,5-8H2,2-4H3;7,10H,1,4-6H2,2-3H3;2,4-8H2,1,3H3;1,4-7H2,2-3H3;2*3-7H,1H2,2H3. The van der Waals surface area contributed by atoms with E-state index in [2.05, 4.69) is 85.9 Å². The van der Waals surface area contributed by atoms with E-state index >= 15 is 0 Å². The number of allylic oxidation sites excluding steroid dienone is 1. The van der Waals surface area contributed by atoms with Crippen LogP contribution in [0.2, 0.25) is 0 Å². The molecule has 5 aliphatic rings. The summed E-state index contributed by atoms with van der Waals surface area (Å²) < 4.78 is 37.1. The number of benzene rings is 3. The van der Waals surface area contributed by atoms with Gasteiger partial charge in [-0.15, -0.1) is 0 Å². The summed E-state index contributed by atoms with van der Waals surface area (Å²) in [5.74, 6) is -0.376. The Labute approximate surface area is 563 Å². The zero-order valence-electron chi connectivity index (χ0n) is 58.9. The molecule has 0 amide bonds. The van der Waals surface area contributed by atoms with E-state index in [0.29, 0.717) is 45.3 Å². The van der Waals surface area contributed by atoms with Crippen molar-refractivity contribution in [2.75, 3.05) is 0 Å². The molecule has 0 heterocycles. The topological polar surface area (TPSA) is 184 Å². The van der Waals surface area contributed by atoms with Crippen molar-refractivity contribution < 1.29 is 66.7 Å². The van der Waals surface area contributed by atoms with Crippen LogP contribution in [0, 0.1) is 5.92 Å². The van der Waals surface area contributed by atoms with E-state index in [1.807, 2.05) is 55.5 Å². The molecule has 0 N–H and O–H groups in total. The summed E-state index contributed by atoms with van der Waals surface area (Å²) in [4.78, 5) is 78.1. The summed E-state index contributed by atoms with van der Waals surface area (Å²) in [6.45, 7) is 46.8. The van der Waals surface area contributed by atoms with Crippen LogP contribution in [0.25, 0.3) is 12.2 Å².